The molecular formula is C25H26F3NO3S. The summed E-state index contributed by atoms with van der Waals surface area (Å²) in [5.74, 6) is 0.463. The number of sulfone groups is 1. The largest absolute Gasteiger partial charge is 0.494 e. The fraction of sp³-hybridized carbons (Fsp3) is 0.280. The Morgan fingerprint density at radius 2 is 1.52 bits per heavy atom. The molecule has 0 atom stereocenters. The minimum Gasteiger partial charge on any atom is -0.494 e. The van der Waals surface area contributed by atoms with Crippen LogP contribution in [-0.2, 0) is 29.1 Å². The van der Waals surface area contributed by atoms with Gasteiger partial charge >= 0.3 is 6.18 Å². The zero-order valence-corrected chi connectivity index (χ0v) is 19.1. The van der Waals surface area contributed by atoms with E-state index in [2.05, 4.69) is 4.90 Å². The average molecular weight is 478 g/mol. The molecule has 0 saturated carbocycles. The van der Waals surface area contributed by atoms with Crippen molar-refractivity contribution in [2.45, 2.75) is 30.6 Å². The molecule has 3 aromatic rings. The summed E-state index contributed by atoms with van der Waals surface area (Å²) >= 11 is 0. The maximum absolute atomic E-state index is 13.1. The first-order chi connectivity index (χ1) is 15.6. The highest BCUT2D eigenvalue weighted by Crippen LogP contribution is 2.30. The molecule has 3 aromatic carbocycles. The van der Waals surface area contributed by atoms with Crippen LogP contribution in [0.1, 0.15) is 23.1 Å². The molecule has 0 aliphatic rings. The maximum Gasteiger partial charge on any atom is 0.416 e. The number of hydrogen-bond donors (Lipinski definition) is 0. The third kappa shape index (κ3) is 7.91. The molecule has 3 rings (SSSR count). The van der Waals surface area contributed by atoms with Crippen molar-refractivity contribution in [2.75, 3.05) is 19.4 Å². The normalized spacial score (nSPS) is 12.2. The number of rotatable bonds is 10. The van der Waals surface area contributed by atoms with Crippen LogP contribution in [0.3, 0.4) is 0 Å². The number of hydrogen-bond acceptors (Lipinski definition) is 4. The van der Waals surface area contributed by atoms with E-state index >= 15 is 0 Å². The third-order valence-corrected chi connectivity index (χ3v) is 6.14. The molecule has 4 nitrogen and oxygen atoms in total. The Labute approximate surface area is 192 Å². The fourth-order valence-electron chi connectivity index (χ4n) is 3.43. The van der Waals surface area contributed by atoms with Crippen LogP contribution in [0.2, 0.25) is 0 Å². The van der Waals surface area contributed by atoms with Crippen LogP contribution in [0.4, 0.5) is 13.2 Å². The molecule has 0 amide bonds. The number of nitrogens with zero attached hydrogens (tertiary/aromatic N) is 1. The quantitative estimate of drug-likeness (QED) is 0.358. The van der Waals surface area contributed by atoms with Gasteiger partial charge in [-0.1, -0.05) is 54.6 Å². The van der Waals surface area contributed by atoms with Gasteiger partial charge in [-0.25, -0.2) is 8.42 Å². The molecule has 0 N–H and O–H groups in total. The molecule has 0 aromatic heterocycles. The molecule has 0 unspecified atom stereocenters. The first kappa shape index (κ1) is 24.8. The first-order valence-electron chi connectivity index (χ1n) is 10.5. The molecule has 0 saturated heterocycles. The van der Waals surface area contributed by atoms with Gasteiger partial charge in [-0.15, -0.1) is 0 Å². The molecule has 0 aliphatic heterocycles. The van der Waals surface area contributed by atoms with E-state index in [0.717, 1.165) is 17.9 Å². The van der Waals surface area contributed by atoms with Gasteiger partial charge in [0.05, 0.1) is 17.1 Å². The van der Waals surface area contributed by atoms with Crippen LogP contribution in [0.5, 0.6) is 5.75 Å². The fourth-order valence-corrected chi connectivity index (χ4v) is 4.09. The summed E-state index contributed by atoms with van der Waals surface area (Å²) in [5.41, 5.74) is 0.988. The van der Waals surface area contributed by atoms with Gasteiger partial charge in [0, 0.05) is 25.9 Å². The summed E-state index contributed by atoms with van der Waals surface area (Å²) in [4.78, 5) is 2.26. The van der Waals surface area contributed by atoms with Gasteiger partial charge in [0.1, 0.15) is 5.75 Å². The molecule has 33 heavy (non-hydrogen) atoms. The molecule has 176 valence electrons. The third-order valence-electron chi connectivity index (χ3n) is 5.03. The molecule has 0 fully saturated rings. The van der Waals surface area contributed by atoms with Crippen LogP contribution in [-0.4, -0.2) is 32.7 Å². The predicted molar refractivity (Wildman–Crippen MR) is 122 cm³/mol. The van der Waals surface area contributed by atoms with Gasteiger partial charge in [0.25, 0.3) is 0 Å². The van der Waals surface area contributed by atoms with Crippen LogP contribution < -0.4 is 4.74 Å². The number of alkyl halides is 3. The second kappa shape index (κ2) is 10.9. The van der Waals surface area contributed by atoms with Gasteiger partial charge < -0.3 is 4.74 Å². The highest BCUT2D eigenvalue weighted by molar-refractivity contribution is 7.90. The molecule has 0 radical (unpaired) electrons. The summed E-state index contributed by atoms with van der Waals surface area (Å²) in [7, 11) is -3.32. The zero-order valence-electron chi connectivity index (χ0n) is 18.3. The van der Waals surface area contributed by atoms with Crippen molar-refractivity contribution < 1.29 is 26.3 Å². The van der Waals surface area contributed by atoms with Crippen molar-refractivity contribution in [3.05, 3.63) is 95.6 Å². The van der Waals surface area contributed by atoms with Crippen molar-refractivity contribution in [1.82, 2.24) is 4.90 Å². The Balaban J connectivity index is 1.64. The Morgan fingerprint density at radius 1 is 0.848 bits per heavy atom. The van der Waals surface area contributed by atoms with E-state index in [1.165, 1.54) is 24.3 Å². The number of benzene rings is 3. The summed E-state index contributed by atoms with van der Waals surface area (Å²) in [6, 6.07) is 21.4. The van der Waals surface area contributed by atoms with Gasteiger partial charge in [0.2, 0.25) is 0 Å². The Bertz CT molecular complexity index is 1150. The highest BCUT2D eigenvalue weighted by Gasteiger charge is 2.30. The maximum atomic E-state index is 13.1. The monoisotopic (exact) mass is 477 g/mol. The summed E-state index contributed by atoms with van der Waals surface area (Å²) in [6.45, 7) is 1.89. The molecule has 0 heterocycles. The molecule has 0 bridgehead atoms. The SMILES string of the molecule is CS(=O)(=O)c1cccc(OCCCN(Cc2ccccc2)Cc2cccc(C(F)(F)F)c2)c1. The molecule has 0 aliphatic carbocycles. The molecule has 8 heteroatoms. The summed E-state index contributed by atoms with van der Waals surface area (Å²) in [5, 5.41) is 0. The van der Waals surface area contributed by atoms with E-state index in [1.807, 2.05) is 30.3 Å². The second-order valence-electron chi connectivity index (χ2n) is 7.84. The smallest absolute Gasteiger partial charge is 0.416 e. The lowest BCUT2D eigenvalue weighted by molar-refractivity contribution is -0.137. The minimum absolute atomic E-state index is 0.190. The number of ether oxygens (including phenoxy) is 1. The van der Waals surface area contributed by atoms with Gasteiger partial charge in [0.15, 0.2) is 9.84 Å². The van der Waals surface area contributed by atoms with Crippen LogP contribution in [0.25, 0.3) is 0 Å². The van der Waals surface area contributed by atoms with E-state index < -0.39 is 21.6 Å². The Hall–Kier alpha value is -2.84. The topological polar surface area (TPSA) is 46.6 Å². The first-order valence-corrected chi connectivity index (χ1v) is 12.4. The zero-order chi connectivity index (χ0) is 23.9. The Morgan fingerprint density at radius 3 is 2.21 bits per heavy atom. The van der Waals surface area contributed by atoms with Crippen molar-refractivity contribution in [3.8, 4) is 5.75 Å². The summed E-state index contributed by atoms with van der Waals surface area (Å²) in [6.07, 6.45) is -2.62. The molecular weight excluding hydrogens is 451 g/mol. The lowest BCUT2D eigenvalue weighted by Crippen LogP contribution is -2.25. The standard InChI is InChI=1S/C25H26F3NO3S/c1-33(30,31)24-13-6-12-23(17-24)32-15-7-14-29(18-20-8-3-2-4-9-20)19-21-10-5-11-22(16-21)25(26,27)28/h2-6,8-13,16-17H,7,14-15,18-19H2,1H3. The van der Waals surface area contributed by atoms with Gasteiger partial charge in [-0.3, -0.25) is 4.90 Å². The van der Waals surface area contributed by atoms with Crippen LogP contribution >= 0.6 is 0 Å². The lowest BCUT2D eigenvalue weighted by Gasteiger charge is -2.23. The van der Waals surface area contributed by atoms with E-state index in [0.29, 0.717) is 44.0 Å². The predicted octanol–water partition coefficient (Wildman–Crippen LogP) is 5.58. The lowest BCUT2D eigenvalue weighted by atomic mass is 10.1. The minimum atomic E-state index is -4.38. The highest BCUT2D eigenvalue weighted by atomic mass is 32.2. The van der Waals surface area contributed by atoms with E-state index in [9.17, 15) is 21.6 Å². The molecule has 0 spiro atoms. The summed E-state index contributed by atoms with van der Waals surface area (Å²) < 4.78 is 68.4. The van der Waals surface area contributed by atoms with E-state index in [-0.39, 0.29) is 4.90 Å². The van der Waals surface area contributed by atoms with Crippen LogP contribution in [0.15, 0.2) is 83.8 Å². The van der Waals surface area contributed by atoms with Crippen molar-refractivity contribution in [1.29, 1.82) is 0 Å². The van der Waals surface area contributed by atoms with Crippen molar-refractivity contribution in [2.24, 2.45) is 0 Å². The van der Waals surface area contributed by atoms with Crippen molar-refractivity contribution >= 4 is 9.84 Å². The number of halogens is 3. The average Bonchev–Trinajstić information content (AvgIpc) is 2.76. The second-order valence-corrected chi connectivity index (χ2v) is 9.86. The van der Waals surface area contributed by atoms with E-state index in [1.54, 1.807) is 18.2 Å². The van der Waals surface area contributed by atoms with E-state index in [4.69, 9.17) is 4.74 Å². The van der Waals surface area contributed by atoms with Gasteiger partial charge in [-0.2, -0.15) is 13.2 Å². The van der Waals surface area contributed by atoms with Crippen molar-refractivity contribution in [3.63, 3.8) is 0 Å². The van der Waals surface area contributed by atoms with Gasteiger partial charge in [-0.05, 0) is 41.8 Å². The van der Waals surface area contributed by atoms with Crippen LogP contribution in [0, 0.1) is 0 Å². The Kier molecular flexibility index (Phi) is 8.15.